The van der Waals surface area contributed by atoms with Crippen LogP contribution in [-0.2, 0) is 6.61 Å². The minimum atomic E-state index is -0.0182. The largest absolute Gasteiger partial charge is 0.490 e. The number of nitrogens with two attached hydrogens (primary N) is 1. The van der Waals surface area contributed by atoms with Crippen molar-refractivity contribution in [2.45, 2.75) is 32.4 Å². The fourth-order valence-corrected chi connectivity index (χ4v) is 2.34. The molecule has 0 aliphatic carbocycles. The second kappa shape index (κ2) is 9.01. The lowest BCUT2D eigenvalue weighted by Gasteiger charge is -2.16. The molecule has 0 fully saturated rings. The summed E-state index contributed by atoms with van der Waals surface area (Å²) in [7, 11) is 0. The van der Waals surface area contributed by atoms with Gasteiger partial charge in [-0.1, -0.05) is 42.5 Å². The van der Waals surface area contributed by atoms with Crippen LogP contribution in [0.4, 0.5) is 0 Å². The van der Waals surface area contributed by atoms with E-state index in [9.17, 15) is 0 Å². The van der Waals surface area contributed by atoms with Crippen molar-refractivity contribution >= 4 is 0 Å². The molecule has 2 aromatic rings. The van der Waals surface area contributed by atoms with Crippen molar-refractivity contribution in [3.8, 4) is 11.5 Å². The molecule has 0 aliphatic heterocycles. The van der Waals surface area contributed by atoms with Crippen LogP contribution in [0.25, 0.3) is 0 Å². The van der Waals surface area contributed by atoms with E-state index in [1.54, 1.807) is 0 Å². The van der Waals surface area contributed by atoms with Crippen LogP contribution in [0.1, 0.15) is 36.9 Å². The first-order chi connectivity index (χ1) is 11.2. The van der Waals surface area contributed by atoms with E-state index in [2.05, 4.69) is 6.58 Å². The standard InChI is InChI=1S/C20H25NO2/c1-3-5-11-18(21)17-12-13-19(20(14-17)22-4-2)23-15-16-9-7-6-8-10-16/h3,6-10,12-14,18H,1,4-5,11,15,21H2,2H3/t18-/m1/s1. The smallest absolute Gasteiger partial charge is 0.161 e. The molecule has 0 aliphatic rings. The Hall–Kier alpha value is -2.26. The Labute approximate surface area is 138 Å². The van der Waals surface area contributed by atoms with Gasteiger partial charge >= 0.3 is 0 Å². The molecule has 0 aromatic heterocycles. The van der Waals surface area contributed by atoms with Gasteiger partial charge in [-0.2, -0.15) is 0 Å². The summed E-state index contributed by atoms with van der Waals surface area (Å²) < 4.78 is 11.6. The Morgan fingerprint density at radius 3 is 2.57 bits per heavy atom. The highest BCUT2D eigenvalue weighted by Crippen LogP contribution is 2.31. The molecular weight excluding hydrogens is 286 g/mol. The van der Waals surface area contributed by atoms with Crippen LogP contribution in [0, 0.1) is 0 Å². The third-order valence-corrected chi connectivity index (χ3v) is 3.61. The van der Waals surface area contributed by atoms with Crippen LogP contribution in [0.3, 0.4) is 0 Å². The molecule has 3 heteroatoms. The van der Waals surface area contributed by atoms with Crippen LogP contribution < -0.4 is 15.2 Å². The van der Waals surface area contributed by atoms with Gasteiger partial charge in [0.15, 0.2) is 11.5 Å². The van der Waals surface area contributed by atoms with Gasteiger partial charge in [-0.15, -0.1) is 6.58 Å². The number of rotatable bonds is 9. The molecule has 2 aromatic carbocycles. The summed E-state index contributed by atoms with van der Waals surface area (Å²) in [6, 6.07) is 16.0. The van der Waals surface area contributed by atoms with E-state index in [4.69, 9.17) is 15.2 Å². The molecule has 0 saturated heterocycles. The zero-order chi connectivity index (χ0) is 16.5. The lowest BCUT2D eigenvalue weighted by atomic mass is 10.0. The van der Waals surface area contributed by atoms with Crippen molar-refractivity contribution in [2.75, 3.05) is 6.61 Å². The minimum Gasteiger partial charge on any atom is -0.490 e. The van der Waals surface area contributed by atoms with Crippen LogP contribution in [0.5, 0.6) is 11.5 Å². The van der Waals surface area contributed by atoms with E-state index < -0.39 is 0 Å². The van der Waals surface area contributed by atoms with Crippen molar-refractivity contribution in [1.29, 1.82) is 0 Å². The van der Waals surface area contributed by atoms with Crippen molar-refractivity contribution in [1.82, 2.24) is 0 Å². The van der Waals surface area contributed by atoms with E-state index in [0.717, 1.165) is 35.5 Å². The summed E-state index contributed by atoms with van der Waals surface area (Å²) in [6.07, 6.45) is 3.66. The molecule has 3 nitrogen and oxygen atoms in total. The summed E-state index contributed by atoms with van der Waals surface area (Å²) in [5, 5.41) is 0. The van der Waals surface area contributed by atoms with E-state index in [1.165, 1.54) is 0 Å². The maximum absolute atomic E-state index is 6.22. The van der Waals surface area contributed by atoms with Gasteiger partial charge in [-0.05, 0) is 43.0 Å². The predicted octanol–water partition coefficient (Wildman–Crippen LogP) is 4.63. The van der Waals surface area contributed by atoms with Crippen LogP contribution >= 0.6 is 0 Å². The zero-order valence-electron chi connectivity index (χ0n) is 13.7. The third-order valence-electron chi connectivity index (χ3n) is 3.61. The summed E-state index contributed by atoms with van der Waals surface area (Å²) in [6.45, 7) is 6.81. The van der Waals surface area contributed by atoms with Gasteiger partial charge in [-0.25, -0.2) is 0 Å². The monoisotopic (exact) mass is 311 g/mol. The second-order valence-corrected chi connectivity index (χ2v) is 5.39. The maximum Gasteiger partial charge on any atom is 0.161 e. The molecule has 23 heavy (non-hydrogen) atoms. The van der Waals surface area contributed by atoms with Gasteiger partial charge in [0.1, 0.15) is 6.61 Å². The average molecular weight is 311 g/mol. The molecule has 0 bridgehead atoms. The fourth-order valence-electron chi connectivity index (χ4n) is 2.34. The Kier molecular flexibility index (Phi) is 6.70. The normalized spacial score (nSPS) is 11.7. The van der Waals surface area contributed by atoms with Crippen molar-refractivity contribution in [3.05, 3.63) is 72.3 Å². The lowest BCUT2D eigenvalue weighted by molar-refractivity contribution is 0.269. The highest BCUT2D eigenvalue weighted by molar-refractivity contribution is 5.44. The van der Waals surface area contributed by atoms with Crippen molar-refractivity contribution in [3.63, 3.8) is 0 Å². The van der Waals surface area contributed by atoms with E-state index in [-0.39, 0.29) is 6.04 Å². The number of ether oxygens (including phenoxy) is 2. The third kappa shape index (κ3) is 5.15. The summed E-state index contributed by atoms with van der Waals surface area (Å²) in [5.74, 6) is 1.49. The number of hydrogen-bond donors (Lipinski definition) is 1. The summed E-state index contributed by atoms with van der Waals surface area (Å²) >= 11 is 0. The molecule has 0 spiro atoms. The molecule has 0 heterocycles. The number of hydrogen-bond acceptors (Lipinski definition) is 3. The van der Waals surface area contributed by atoms with Crippen LogP contribution in [0.15, 0.2) is 61.2 Å². The van der Waals surface area contributed by atoms with E-state index in [0.29, 0.717) is 13.2 Å². The van der Waals surface area contributed by atoms with Gasteiger partial charge in [0.25, 0.3) is 0 Å². The average Bonchev–Trinajstić information content (AvgIpc) is 2.59. The van der Waals surface area contributed by atoms with Gasteiger partial charge < -0.3 is 15.2 Å². The Bertz CT molecular complexity index is 610. The highest BCUT2D eigenvalue weighted by Gasteiger charge is 2.11. The van der Waals surface area contributed by atoms with Gasteiger partial charge in [-0.3, -0.25) is 0 Å². The molecule has 2 N–H and O–H groups in total. The van der Waals surface area contributed by atoms with E-state index >= 15 is 0 Å². The summed E-state index contributed by atoms with van der Waals surface area (Å²) in [4.78, 5) is 0. The predicted molar refractivity (Wildman–Crippen MR) is 94.7 cm³/mol. The zero-order valence-corrected chi connectivity index (χ0v) is 13.7. The quantitative estimate of drug-likeness (QED) is 0.687. The molecular formula is C20H25NO2. The number of benzene rings is 2. The van der Waals surface area contributed by atoms with E-state index in [1.807, 2.05) is 61.5 Å². The van der Waals surface area contributed by atoms with Crippen LogP contribution in [0.2, 0.25) is 0 Å². The Morgan fingerprint density at radius 1 is 1.09 bits per heavy atom. The topological polar surface area (TPSA) is 44.5 Å². The van der Waals surface area contributed by atoms with Crippen LogP contribution in [-0.4, -0.2) is 6.61 Å². The molecule has 0 saturated carbocycles. The molecule has 2 rings (SSSR count). The highest BCUT2D eigenvalue weighted by atomic mass is 16.5. The summed E-state index contributed by atoms with van der Waals surface area (Å²) in [5.41, 5.74) is 8.40. The Balaban J connectivity index is 2.10. The Morgan fingerprint density at radius 2 is 1.87 bits per heavy atom. The van der Waals surface area contributed by atoms with Gasteiger partial charge in [0.2, 0.25) is 0 Å². The molecule has 0 radical (unpaired) electrons. The molecule has 0 amide bonds. The maximum atomic E-state index is 6.22. The molecule has 122 valence electrons. The second-order valence-electron chi connectivity index (χ2n) is 5.39. The van der Waals surface area contributed by atoms with Gasteiger partial charge in [0.05, 0.1) is 6.61 Å². The van der Waals surface area contributed by atoms with Crippen molar-refractivity contribution < 1.29 is 9.47 Å². The van der Waals surface area contributed by atoms with Crippen molar-refractivity contribution in [2.24, 2.45) is 5.73 Å². The minimum absolute atomic E-state index is 0.0182. The SMILES string of the molecule is C=CCC[C@@H](N)c1ccc(OCc2ccccc2)c(OCC)c1. The van der Waals surface area contributed by atoms with Gasteiger partial charge in [0, 0.05) is 6.04 Å². The first kappa shape index (κ1) is 17.1. The fraction of sp³-hybridized carbons (Fsp3) is 0.300. The molecule has 1 atom stereocenters. The first-order valence-corrected chi connectivity index (χ1v) is 8.04. The first-order valence-electron chi connectivity index (χ1n) is 8.04. The lowest BCUT2D eigenvalue weighted by Crippen LogP contribution is -2.10. The molecule has 0 unspecified atom stereocenters. The number of allylic oxidation sites excluding steroid dienone is 1.